The van der Waals surface area contributed by atoms with Crippen molar-refractivity contribution >= 4 is 19.7 Å². The van der Waals surface area contributed by atoms with Crippen LogP contribution in [0, 0.1) is 0 Å². The van der Waals surface area contributed by atoms with Crippen LogP contribution in [-0.2, 0) is 27.9 Å². The molecule has 3 atom stereocenters. The average molecular weight is 1130 g/mol. The molecule has 0 aromatic rings. The van der Waals surface area contributed by atoms with Gasteiger partial charge in [0.15, 0.2) is 0 Å². The number of nitrogens with one attached hydrogen (secondary N) is 1. The molecule has 1 amide bonds. The van der Waals surface area contributed by atoms with Gasteiger partial charge in [0.25, 0.3) is 7.82 Å². The van der Waals surface area contributed by atoms with E-state index >= 15 is 0 Å². The van der Waals surface area contributed by atoms with E-state index in [2.05, 4.69) is 62.5 Å². The number of allylic oxidation sites excluding steroid dienone is 7. The number of quaternary nitrogens is 1. The first-order valence-electron chi connectivity index (χ1n) is 33.9. The number of phosphoric acid groups is 1. The summed E-state index contributed by atoms with van der Waals surface area (Å²) in [6, 6.07) is -0.890. The first-order chi connectivity index (χ1) is 38.4. The molecule has 0 spiro atoms. The lowest BCUT2D eigenvalue weighted by molar-refractivity contribution is -0.870. The molecule has 9 nitrogen and oxygen atoms in total. The van der Waals surface area contributed by atoms with Crippen molar-refractivity contribution in [2.45, 2.75) is 341 Å². The molecule has 0 fully saturated rings. The molecule has 1 N–H and O–H groups in total. The Kier molecular flexibility index (Phi) is 57.6. The van der Waals surface area contributed by atoms with Crippen molar-refractivity contribution in [2.75, 3.05) is 40.9 Å². The van der Waals surface area contributed by atoms with Gasteiger partial charge in [0.2, 0.25) is 5.91 Å². The molecule has 0 aliphatic carbocycles. The predicted octanol–water partition coefficient (Wildman–Crippen LogP) is 20.6. The maximum absolute atomic E-state index is 13.6. The molecule has 0 heterocycles. The van der Waals surface area contributed by atoms with E-state index in [4.69, 9.17) is 13.8 Å². The van der Waals surface area contributed by atoms with Gasteiger partial charge in [-0.05, 0) is 89.5 Å². The van der Waals surface area contributed by atoms with Gasteiger partial charge in [-0.3, -0.25) is 14.2 Å². The van der Waals surface area contributed by atoms with E-state index in [-0.39, 0.29) is 31.5 Å². The Balaban J connectivity index is 5.15. The van der Waals surface area contributed by atoms with Gasteiger partial charge in [0.1, 0.15) is 19.3 Å². The first kappa shape index (κ1) is 77.0. The van der Waals surface area contributed by atoms with Gasteiger partial charge in [-0.15, -0.1) is 0 Å². The maximum atomic E-state index is 13.6. The van der Waals surface area contributed by atoms with Gasteiger partial charge in [-0.1, -0.05) is 275 Å². The first-order valence-corrected chi connectivity index (χ1v) is 35.4. The number of amides is 1. The maximum Gasteiger partial charge on any atom is 0.306 e. The number of carbonyl (C=O) groups is 2. The summed E-state index contributed by atoms with van der Waals surface area (Å²) in [7, 11) is 1.19. The minimum Gasteiger partial charge on any atom is -0.756 e. The van der Waals surface area contributed by atoms with Crippen LogP contribution in [0.2, 0.25) is 0 Å². The number of phosphoric ester groups is 1. The second-order valence-electron chi connectivity index (χ2n) is 24.3. The van der Waals surface area contributed by atoms with Crippen molar-refractivity contribution < 1.29 is 37.3 Å². The molecule has 0 aromatic carbocycles. The van der Waals surface area contributed by atoms with E-state index in [1.54, 1.807) is 0 Å². The number of rotatable bonds is 62. The molecular formula is C69H131N2O7P. The van der Waals surface area contributed by atoms with Gasteiger partial charge in [-0.2, -0.15) is 0 Å². The molecule has 464 valence electrons. The van der Waals surface area contributed by atoms with E-state index in [0.717, 1.165) is 77.0 Å². The van der Waals surface area contributed by atoms with Crippen molar-refractivity contribution in [3.05, 3.63) is 48.6 Å². The van der Waals surface area contributed by atoms with Crippen LogP contribution < -0.4 is 10.2 Å². The Morgan fingerprint density at radius 2 is 0.772 bits per heavy atom. The molecule has 0 rings (SSSR count). The summed E-state index contributed by atoms with van der Waals surface area (Å²) >= 11 is 0. The van der Waals surface area contributed by atoms with E-state index in [1.807, 2.05) is 33.3 Å². The van der Waals surface area contributed by atoms with E-state index in [1.165, 1.54) is 218 Å². The normalized spacial score (nSPS) is 13.9. The summed E-state index contributed by atoms with van der Waals surface area (Å²) in [5.41, 5.74) is 0. The fraction of sp³-hybridized carbons (Fsp3) is 0.855. The Morgan fingerprint density at radius 1 is 0.443 bits per heavy atom. The molecule has 10 heteroatoms. The Hall–Kier alpha value is -2.03. The quantitative estimate of drug-likeness (QED) is 0.0212. The third-order valence-electron chi connectivity index (χ3n) is 15.2. The summed E-state index contributed by atoms with van der Waals surface area (Å²) in [5.74, 6) is -0.534. The number of likely N-dealkylation sites (N-methyl/N-ethyl adjacent to an activating group) is 1. The van der Waals surface area contributed by atoms with Gasteiger partial charge in [0, 0.05) is 12.8 Å². The molecular weight excluding hydrogens is 1000 g/mol. The highest BCUT2D eigenvalue weighted by Gasteiger charge is 2.27. The summed E-state index contributed by atoms with van der Waals surface area (Å²) in [4.78, 5) is 40.1. The largest absolute Gasteiger partial charge is 0.756 e. The number of nitrogens with zero attached hydrogens (tertiary/aromatic N) is 1. The third-order valence-corrected chi connectivity index (χ3v) is 16.2. The zero-order valence-electron chi connectivity index (χ0n) is 53.1. The van der Waals surface area contributed by atoms with Crippen LogP contribution in [0.4, 0.5) is 0 Å². The topological polar surface area (TPSA) is 114 Å². The number of unbranched alkanes of at least 4 members (excludes halogenated alkanes) is 40. The molecule has 0 bridgehead atoms. The minimum atomic E-state index is -4.70. The third kappa shape index (κ3) is 60.4. The molecule has 79 heavy (non-hydrogen) atoms. The number of ether oxygens (including phenoxy) is 1. The fourth-order valence-corrected chi connectivity index (χ4v) is 10.7. The lowest BCUT2D eigenvalue weighted by Crippen LogP contribution is -2.47. The van der Waals surface area contributed by atoms with Crippen LogP contribution in [0.15, 0.2) is 48.6 Å². The fourth-order valence-electron chi connectivity index (χ4n) is 9.96. The molecule has 0 aliphatic rings. The smallest absolute Gasteiger partial charge is 0.306 e. The Labute approximate surface area is 490 Å². The summed E-state index contributed by atoms with van der Waals surface area (Å²) < 4.78 is 30.4. The Morgan fingerprint density at radius 3 is 1.18 bits per heavy atom. The van der Waals surface area contributed by atoms with Gasteiger partial charge in [-0.25, -0.2) is 0 Å². The number of carbonyl (C=O) groups excluding carboxylic acids is 2. The van der Waals surface area contributed by atoms with E-state index in [9.17, 15) is 19.0 Å². The Bertz CT molecular complexity index is 1490. The van der Waals surface area contributed by atoms with Crippen molar-refractivity contribution in [3.8, 4) is 0 Å². The molecule has 3 unspecified atom stereocenters. The lowest BCUT2D eigenvalue weighted by atomic mass is 10.0. The van der Waals surface area contributed by atoms with Crippen LogP contribution in [0.1, 0.15) is 329 Å². The van der Waals surface area contributed by atoms with Gasteiger partial charge < -0.3 is 28.5 Å². The van der Waals surface area contributed by atoms with E-state index in [0.29, 0.717) is 17.4 Å². The summed E-state index contributed by atoms with van der Waals surface area (Å²) in [6.07, 6.45) is 73.6. The zero-order valence-corrected chi connectivity index (χ0v) is 54.0. The van der Waals surface area contributed by atoms with Crippen molar-refractivity contribution in [1.82, 2.24) is 5.32 Å². The van der Waals surface area contributed by atoms with Crippen molar-refractivity contribution in [1.29, 1.82) is 0 Å². The standard InChI is InChI=1S/C69H131N2O7P/c1-7-10-13-16-19-22-25-28-30-32-33-34-35-36-37-39-41-44-47-50-53-56-59-62-69(73)78-67(60-57-54-51-48-45-42-27-24-21-18-15-12-9-3)66(65-77-79(74,75)76-64-63-71(4,5)6)70-68(72)61-58-55-52-49-46-43-40-38-31-29-26-23-20-17-14-11-8-2/h19,22,28-31,57,60,66-67H,7-18,20-21,23-27,32-56,58-59,61-65H2,1-6H3,(H-,70,72,74,75)/b22-19-,30-28-,31-29+,60-57-. The molecule has 0 aromatic heterocycles. The monoisotopic (exact) mass is 1130 g/mol. The predicted molar refractivity (Wildman–Crippen MR) is 339 cm³/mol. The highest BCUT2D eigenvalue weighted by molar-refractivity contribution is 7.45. The van der Waals surface area contributed by atoms with Gasteiger partial charge in [0.05, 0.1) is 33.8 Å². The van der Waals surface area contributed by atoms with Crippen molar-refractivity contribution in [2.24, 2.45) is 0 Å². The van der Waals surface area contributed by atoms with Crippen molar-refractivity contribution in [3.63, 3.8) is 0 Å². The highest BCUT2D eigenvalue weighted by atomic mass is 31.2. The number of hydrogen-bond donors (Lipinski definition) is 1. The molecule has 0 saturated carbocycles. The second kappa shape index (κ2) is 59.1. The van der Waals surface area contributed by atoms with Crippen LogP contribution in [0.3, 0.4) is 0 Å². The molecule has 0 radical (unpaired) electrons. The SMILES string of the molecule is CCCCC/C=C\C/C=C\CCCCCCCCCCCCCCCC(=O)OC(/C=C\CCCCCCCCCCCCC)C(COP(=O)([O-])OCC[N+](C)(C)C)NC(=O)CCCCCCCCC/C=C/CCCCCCCC. The summed E-state index contributed by atoms with van der Waals surface area (Å²) in [5, 5.41) is 3.04. The van der Waals surface area contributed by atoms with Gasteiger partial charge >= 0.3 is 5.97 Å². The number of esters is 1. The molecule has 0 saturated heterocycles. The van der Waals surface area contributed by atoms with Crippen LogP contribution >= 0.6 is 7.82 Å². The van der Waals surface area contributed by atoms with Crippen LogP contribution in [0.25, 0.3) is 0 Å². The summed E-state index contributed by atoms with van der Waals surface area (Å²) in [6.45, 7) is 6.85. The minimum absolute atomic E-state index is 0.0221. The molecule has 0 aliphatic heterocycles. The highest BCUT2D eigenvalue weighted by Crippen LogP contribution is 2.38. The van der Waals surface area contributed by atoms with Crippen LogP contribution in [0.5, 0.6) is 0 Å². The second-order valence-corrected chi connectivity index (χ2v) is 25.7. The van der Waals surface area contributed by atoms with Crippen LogP contribution in [-0.4, -0.2) is 69.4 Å². The number of hydrogen-bond acceptors (Lipinski definition) is 7. The zero-order chi connectivity index (χ0) is 57.9. The average Bonchev–Trinajstić information content (AvgIpc) is 3.41. The van der Waals surface area contributed by atoms with E-state index < -0.39 is 20.0 Å². The lowest BCUT2D eigenvalue weighted by Gasteiger charge is -2.30.